The van der Waals surface area contributed by atoms with Gasteiger partial charge < -0.3 is 21.5 Å². The normalized spacial score (nSPS) is 11.2. The predicted octanol–water partition coefficient (Wildman–Crippen LogP) is -0.259. The quantitative estimate of drug-likeness (QED) is 0.198. The molecule has 9 nitrogen and oxygen atoms in total. The lowest BCUT2D eigenvalue weighted by atomic mass is 10.4. The Bertz CT molecular complexity index is 320. The molecule has 2 amide bonds. The summed E-state index contributed by atoms with van der Waals surface area (Å²) >= 11 is 1.35. The Kier molecular flexibility index (Phi) is 9.55. The van der Waals surface area contributed by atoms with Crippen molar-refractivity contribution in [1.82, 2.24) is 10.6 Å². The van der Waals surface area contributed by atoms with Crippen LogP contribution in [0.4, 0.5) is 4.79 Å². The molecule has 0 aromatic carbocycles. The Morgan fingerprint density at radius 3 is 2.72 bits per heavy atom. The van der Waals surface area contributed by atoms with E-state index in [4.69, 9.17) is 16.4 Å². The fourth-order valence-electron chi connectivity index (χ4n) is 0.845. The zero-order valence-electron chi connectivity index (χ0n) is 9.70. The third kappa shape index (κ3) is 9.58. The van der Waals surface area contributed by atoms with Gasteiger partial charge in [0.2, 0.25) is 0 Å². The molecule has 0 saturated carbocycles. The number of amides is 2. The van der Waals surface area contributed by atoms with Gasteiger partial charge in [0.15, 0.2) is 0 Å². The molecule has 0 aliphatic rings. The molecule has 1 atom stereocenters. The lowest BCUT2D eigenvalue weighted by Crippen LogP contribution is -2.38. The van der Waals surface area contributed by atoms with Crippen LogP contribution in [0.2, 0.25) is 0 Å². The maximum absolute atomic E-state index is 11.1. The first-order chi connectivity index (χ1) is 8.57. The van der Waals surface area contributed by atoms with Crippen LogP contribution in [0, 0.1) is 0 Å². The zero-order valence-corrected chi connectivity index (χ0v) is 10.5. The number of nitrogens with zero attached hydrogens (tertiary/aromatic N) is 3. The largest absolute Gasteiger partial charge is 0.480 e. The Morgan fingerprint density at radius 1 is 1.44 bits per heavy atom. The summed E-state index contributed by atoms with van der Waals surface area (Å²) in [6.07, 6.45) is 0. The Hall–Kier alpha value is -1.64. The second-order valence-electron chi connectivity index (χ2n) is 3.16. The number of carboxylic acid groups (broad SMARTS) is 1. The molecule has 0 aliphatic carbocycles. The molecule has 5 N–H and O–H groups in total. The molecule has 0 bridgehead atoms. The standard InChI is InChI=1S/C8H16N6O3S/c9-6(7(15)16)5-18-4-3-12-8(17)11-1-2-13-14-10/h6H,1-5,9H2,(H,15,16)(H2,11,12,17). The van der Waals surface area contributed by atoms with Crippen LogP contribution in [-0.4, -0.2) is 54.3 Å². The molecular weight excluding hydrogens is 260 g/mol. The Balaban J connectivity index is 3.40. The van der Waals surface area contributed by atoms with Crippen molar-refractivity contribution in [3.63, 3.8) is 0 Å². The second-order valence-corrected chi connectivity index (χ2v) is 4.31. The molecule has 10 heteroatoms. The molecule has 0 saturated heterocycles. The molecule has 0 rings (SSSR count). The number of nitrogens with two attached hydrogens (primary N) is 1. The van der Waals surface area contributed by atoms with Crippen molar-refractivity contribution < 1.29 is 14.7 Å². The SMILES string of the molecule is [N-]=[N+]=NCCNC(=O)NCCSCC(N)C(=O)O. The number of aliphatic carboxylic acids is 1. The van der Waals surface area contributed by atoms with Crippen LogP contribution in [0.1, 0.15) is 0 Å². The fourth-order valence-corrected chi connectivity index (χ4v) is 1.65. The fraction of sp³-hybridized carbons (Fsp3) is 0.750. The van der Waals surface area contributed by atoms with Crippen LogP contribution in [0.3, 0.4) is 0 Å². The summed E-state index contributed by atoms with van der Waals surface area (Å²) in [5, 5.41) is 16.8. The summed E-state index contributed by atoms with van der Waals surface area (Å²) in [7, 11) is 0. The predicted molar refractivity (Wildman–Crippen MR) is 68.4 cm³/mol. The maximum atomic E-state index is 11.1. The number of rotatable bonds is 9. The van der Waals surface area contributed by atoms with E-state index in [1.54, 1.807) is 0 Å². The highest BCUT2D eigenvalue weighted by molar-refractivity contribution is 7.99. The minimum atomic E-state index is -1.04. The van der Waals surface area contributed by atoms with Crippen LogP contribution in [0.5, 0.6) is 0 Å². The highest BCUT2D eigenvalue weighted by Crippen LogP contribution is 2.00. The maximum Gasteiger partial charge on any atom is 0.321 e. The lowest BCUT2D eigenvalue weighted by Gasteiger charge is -2.07. The minimum Gasteiger partial charge on any atom is -0.480 e. The summed E-state index contributed by atoms with van der Waals surface area (Å²) in [4.78, 5) is 24.1. The number of thioether (sulfide) groups is 1. The topological polar surface area (TPSA) is 153 Å². The summed E-state index contributed by atoms with van der Waals surface area (Å²) in [5.41, 5.74) is 13.3. The number of urea groups is 1. The van der Waals surface area contributed by atoms with Gasteiger partial charge in [-0.2, -0.15) is 11.8 Å². The Labute approximate surface area is 108 Å². The third-order valence-corrected chi connectivity index (χ3v) is 2.79. The van der Waals surface area contributed by atoms with Gasteiger partial charge in [-0.3, -0.25) is 4.79 Å². The van der Waals surface area contributed by atoms with Gasteiger partial charge in [0.1, 0.15) is 6.04 Å². The number of nitrogens with one attached hydrogen (secondary N) is 2. The first kappa shape index (κ1) is 16.4. The lowest BCUT2D eigenvalue weighted by molar-refractivity contribution is -0.137. The number of hydrogen-bond acceptors (Lipinski definition) is 5. The highest BCUT2D eigenvalue weighted by Gasteiger charge is 2.10. The van der Waals surface area contributed by atoms with Crippen molar-refractivity contribution in [3.05, 3.63) is 10.4 Å². The first-order valence-electron chi connectivity index (χ1n) is 5.16. The van der Waals surface area contributed by atoms with Gasteiger partial charge in [-0.15, -0.1) is 0 Å². The van der Waals surface area contributed by atoms with E-state index < -0.39 is 12.0 Å². The average molecular weight is 276 g/mol. The Morgan fingerprint density at radius 2 is 2.11 bits per heavy atom. The molecular formula is C8H16N6O3S. The zero-order chi connectivity index (χ0) is 13.8. The summed E-state index contributed by atoms with van der Waals surface area (Å²) in [5.74, 6) is -0.161. The monoisotopic (exact) mass is 276 g/mol. The van der Waals surface area contributed by atoms with Crippen molar-refractivity contribution >= 4 is 23.8 Å². The molecule has 0 aromatic rings. The summed E-state index contributed by atoms with van der Waals surface area (Å²) in [6, 6.07) is -1.24. The van der Waals surface area contributed by atoms with E-state index >= 15 is 0 Å². The van der Waals surface area contributed by atoms with Crippen molar-refractivity contribution in [2.45, 2.75) is 6.04 Å². The molecule has 0 aromatic heterocycles. The van der Waals surface area contributed by atoms with E-state index in [0.29, 0.717) is 18.1 Å². The van der Waals surface area contributed by atoms with Crippen molar-refractivity contribution in [2.24, 2.45) is 10.8 Å². The first-order valence-corrected chi connectivity index (χ1v) is 6.32. The molecule has 102 valence electrons. The molecule has 1 unspecified atom stereocenters. The van der Waals surface area contributed by atoms with Crippen molar-refractivity contribution in [1.29, 1.82) is 0 Å². The molecule has 0 aliphatic heterocycles. The molecule has 0 heterocycles. The van der Waals surface area contributed by atoms with Crippen LogP contribution in [0.15, 0.2) is 5.11 Å². The summed E-state index contributed by atoms with van der Waals surface area (Å²) in [6.45, 7) is 0.878. The van der Waals surface area contributed by atoms with Gasteiger partial charge >= 0.3 is 12.0 Å². The number of carbonyl (C=O) groups excluding carboxylic acids is 1. The van der Waals surface area contributed by atoms with Gasteiger partial charge in [-0.05, 0) is 5.53 Å². The van der Waals surface area contributed by atoms with E-state index in [-0.39, 0.29) is 19.1 Å². The smallest absolute Gasteiger partial charge is 0.321 e. The van der Waals surface area contributed by atoms with Crippen molar-refractivity contribution in [2.75, 3.05) is 31.1 Å². The van der Waals surface area contributed by atoms with E-state index in [9.17, 15) is 9.59 Å². The molecule has 18 heavy (non-hydrogen) atoms. The van der Waals surface area contributed by atoms with Crippen molar-refractivity contribution in [3.8, 4) is 0 Å². The van der Waals surface area contributed by atoms with Gasteiger partial charge in [0, 0.05) is 36.1 Å². The minimum absolute atomic E-state index is 0.201. The number of carbonyl (C=O) groups is 2. The van der Waals surface area contributed by atoms with Gasteiger partial charge in [-0.1, -0.05) is 5.11 Å². The second kappa shape index (κ2) is 10.5. The van der Waals surface area contributed by atoms with E-state index in [1.165, 1.54) is 11.8 Å². The number of hydrogen-bond donors (Lipinski definition) is 4. The number of carboxylic acids is 1. The van der Waals surface area contributed by atoms with Crippen LogP contribution >= 0.6 is 11.8 Å². The van der Waals surface area contributed by atoms with Crippen LogP contribution < -0.4 is 16.4 Å². The molecule has 0 radical (unpaired) electrons. The molecule has 0 fully saturated rings. The van der Waals surface area contributed by atoms with E-state index in [2.05, 4.69) is 20.7 Å². The summed E-state index contributed by atoms with van der Waals surface area (Å²) < 4.78 is 0. The van der Waals surface area contributed by atoms with Crippen LogP contribution in [-0.2, 0) is 4.79 Å². The highest BCUT2D eigenvalue weighted by atomic mass is 32.2. The van der Waals surface area contributed by atoms with Crippen LogP contribution in [0.25, 0.3) is 10.4 Å². The van der Waals surface area contributed by atoms with E-state index in [0.717, 1.165) is 0 Å². The van der Waals surface area contributed by atoms with Gasteiger partial charge in [0.05, 0.1) is 0 Å². The molecule has 0 spiro atoms. The van der Waals surface area contributed by atoms with Gasteiger partial charge in [-0.25, -0.2) is 4.79 Å². The number of azide groups is 1. The van der Waals surface area contributed by atoms with Gasteiger partial charge in [0.25, 0.3) is 0 Å². The third-order valence-electron chi connectivity index (χ3n) is 1.71. The average Bonchev–Trinajstić information content (AvgIpc) is 2.33. The van der Waals surface area contributed by atoms with E-state index in [1.807, 2.05) is 0 Å².